The molecule has 2 aromatic heterocycles. The first kappa shape index (κ1) is 15.2. The molecule has 0 radical (unpaired) electrons. The fraction of sp³-hybridized carbons (Fsp3) is 0.500. The molecule has 1 N–H and O–H groups in total. The molecule has 0 amide bonds. The number of aromatic nitrogens is 2. The van der Waals surface area contributed by atoms with E-state index in [1.54, 1.807) is 13.1 Å². The molecule has 0 atom stereocenters. The molecule has 1 aliphatic rings. The molecule has 1 fully saturated rings. The highest BCUT2D eigenvalue weighted by Gasteiger charge is 2.23. The zero-order valence-electron chi connectivity index (χ0n) is 13.0. The number of sulfone groups is 1. The van der Waals surface area contributed by atoms with E-state index in [0.29, 0.717) is 22.9 Å². The summed E-state index contributed by atoms with van der Waals surface area (Å²) >= 11 is 0. The largest absolute Gasteiger partial charge is 0.366 e. The summed E-state index contributed by atoms with van der Waals surface area (Å²) in [4.78, 5) is 9.11. The first-order valence-corrected chi connectivity index (χ1v) is 9.58. The number of nitrogens with zero attached hydrogens (tertiary/aromatic N) is 2. The van der Waals surface area contributed by atoms with Crippen LogP contribution in [0.1, 0.15) is 37.7 Å². The number of aryl methyl sites for hydroxylation is 1. The van der Waals surface area contributed by atoms with E-state index in [1.807, 2.05) is 12.1 Å². The van der Waals surface area contributed by atoms with Crippen molar-refractivity contribution in [3.8, 4) is 0 Å². The van der Waals surface area contributed by atoms with Crippen molar-refractivity contribution in [3.05, 3.63) is 23.9 Å². The molecule has 1 saturated carbocycles. The third-order valence-corrected chi connectivity index (χ3v) is 5.49. The minimum absolute atomic E-state index is 0.282. The predicted molar refractivity (Wildman–Crippen MR) is 87.9 cm³/mol. The van der Waals surface area contributed by atoms with Crippen molar-refractivity contribution in [2.45, 2.75) is 50.0 Å². The van der Waals surface area contributed by atoms with Crippen LogP contribution >= 0.6 is 0 Å². The Labute approximate surface area is 131 Å². The van der Waals surface area contributed by atoms with Crippen molar-refractivity contribution in [1.29, 1.82) is 0 Å². The lowest BCUT2D eigenvalue weighted by Crippen LogP contribution is -2.24. The zero-order valence-corrected chi connectivity index (χ0v) is 13.8. The SMILES string of the molecule is Cc1c(S(C)(=O)=O)c(NC2CCCCC2)nc2cccnc12. The van der Waals surface area contributed by atoms with Crippen LogP contribution < -0.4 is 5.32 Å². The quantitative estimate of drug-likeness (QED) is 0.941. The zero-order chi connectivity index (χ0) is 15.7. The second-order valence-corrected chi connectivity index (χ2v) is 7.99. The van der Waals surface area contributed by atoms with Gasteiger partial charge in [0, 0.05) is 18.5 Å². The molecule has 0 aliphatic heterocycles. The molecule has 0 spiro atoms. The molecule has 6 heteroatoms. The highest BCUT2D eigenvalue weighted by Crippen LogP contribution is 2.30. The van der Waals surface area contributed by atoms with E-state index >= 15 is 0 Å². The number of nitrogens with one attached hydrogen (secondary N) is 1. The summed E-state index contributed by atoms with van der Waals surface area (Å²) in [6.45, 7) is 1.81. The van der Waals surface area contributed by atoms with Gasteiger partial charge in [-0.1, -0.05) is 19.3 Å². The van der Waals surface area contributed by atoms with Gasteiger partial charge in [0.1, 0.15) is 10.7 Å². The average Bonchev–Trinajstić information content (AvgIpc) is 2.47. The number of hydrogen-bond donors (Lipinski definition) is 1. The summed E-state index contributed by atoms with van der Waals surface area (Å²) < 4.78 is 24.5. The van der Waals surface area contributed by atoms with Gasteiger partial charge in [0.15, 0.2) is 9.84 Å². The number of hydrogen-bond acceptors (Lipinski definition) is 5. The van der Waals surface area contributed by atoms with Crippen LogP contribution in [0.2, 0.25) is 0 Å². The van der Waals surface area contributed by atoms with Crippen molar-refractivity contribution in [1.82, 2.24) is 9.97 Å². The topological polar surface area (TPSA) is 72.0 Å². The van der Waals surface area contributed by atoms with Gasteiger partial charge in [0.05, 0.1) is 11.0 Å². The second-order valence-electron chi connectivity index (χ2n) is 6.04. The van der Waals surface area contributed by atoms with E-state index in [4.69, 9.17) is 0 Å². The van der Waals surface area contributed by atoms with Gasteiger partial charge in [-0.15, -0.1) is 0 Å². The lowest BCUT2D eigenvalue weighted by Gasteiger charge is -2.25. The lowest BCUT2D eigenvalue weighted by atomic mass is 9.95. The molecule has 0 aromatic carbocycles. The van der Waals surface area contributed by atoms with Crippen molar-refractivity contribution in [2.24, 2.45) is 0 Å². The number of fused-ring (bicyclic) bond motifs is 1. The molecule has 2 heterocycles. The minimum atomic E-state index is -3.37. The van der Waals surface area contributed by atoms with Crippen molar-refractivity contribution in [2.75, 3.05) is 11.6 Å². The average molecular weight is 319 g/mol. The Morgan fingerprint density at radius 1 is 1.23 bits per heavy atom. The molecule has 22 heavy (non-hydrogen) atoms. The highest BCUT2D eigenvalue weighted by molar-refractivity contribution is 7.91. The van der Waals surface area contributed by atoms with Gasteiger partial charge >= 0.3 is 0 Å². The molecule has 1 aliphatic carbocycles. The van der Waals surface area contributed by atoms with Crippen LogP contribution in [0.5, 0.6) is 0 Å². The number of pyridine rings is 2. The first-order chi connectivity index (χ1) is 10.5. The molecular formula is C16H21N3O2S. The van der Waals surface area contributed by atoms with Gasteiger partial charge in [-0.3, -0.25) is 4.98 Å². The number of anilines is 1. The lowest BCUT2D eigenvalue weighted by molar-refractivity contribution is 0.461. The molecular weight excluding hydrogens is 298 g/mol. The van der Waals surface area contributed by atoms with Crippen LogP contribution in [0.15, 0.2) is 23.2 Å². The fourth-order valence-electron chi connectivity index (χ4n) is 3.22. The van der Waals surface area contributed by atoms with Crippen LogP contribution in [0.4, 0.5) is 5.82 Å². The maximum Gasteiger partial charge on any atom is 0.179 e. The molecule has 0 bridgehead atoms. The Hall–Kier alpha value is -1.69. The molecule has 0 saturated heterocycles. The Kier molecular flexibility index (Phi) is 4.04. The summed E-state index contributed by atoms with van der Waals surface area (Å²) in [6.07, 6.45) is 8.64. The van der Waals surface area contributed by atoms with E-state index in [1.165, 1.54) is 25.5 Å². The highest BCUT2D eigenvalue weighted by atomic mass is 32.2. The van der Waals surface area contributed by atoms with Gasteiger partial charge in [0.2, 0.25) is 0 Å². The number of rotatable bonds is 3. The molecule has 5 nitrogen and oxygen atoms in total. The van der Waals surface area contributed by atoms with Crippen LogP contribution in [-0.2, 0) is 9.84 Å². The Balaban J connectivity index is 2.14. The van der Waals surface area contributed by atoms with Crippen molar-refractivity contribution >= 4 is 26.7 Å². The van der Waals surface area contributed by atoms with Gasteiger partial charge < -0.3 is 5.32 Å². The molecule has 3 rings (SSSR count). The first-order valence-electron chi connectivity index (χ1n) is 7.69. The van der Waals surface area contributed by atoms with E-state index in [9.17, 15) is 8.42 Å². The fourth-order valence-corrected chi connectivity index (χ4v) is 4.33. The van der Waals surface area contributed by atoms with Crippen LogP contribution in [0.25, 0.3) is 11.0 Å². The minimum Gasteiger partial charge on any atom is -0.366 e. The van der Waals surface area contributed by atoms with E-state index in [-0.39, 0.29) is 4.90 Å². The Morgan fingerprint density at radius 2 is 1.95 bits per heavy atom. The standard InChI is InChI=1S/C16H21N3O2S/c1-11-14-13(9-6-10-17-14)19-16(15(11)22(2,20)21)18-12-7-4-3-5-8-12/h6,9-10,12H,3-5,7-8H2,1-2H3,(H,18,19). The third kappa shape index (κ3) is 2.92. The maximum absolute atomic E-state index is 12.3. The summed E-state index contributed by atoms with van der Waals surface area (Å²) in [6, 6.07) is 3.99. The predicted octanol–water partition coefficient (Wildman–Crippen LogP) is 3.09. The smallest absolute Gasteiger partial charge is 0.179 e. The van der Waals surface area contributed by atoms with Gasteiger partial charge in [-0.2, -0.15) is 0 Å². The van der Waals surface area contributed by atoms with Gasteiger partial charge in [-0.05, 0) is 37.5 Å². The normalized spacial score (nSPS) is 16.8. The van der Waals surface area contributed by atoms with Gasteiger partial charge in [-0.25, -0.2) is 13.4 Å². The summed E-state index contributed by atoms with van der Waals surface area (Å²) in [7, 11) is -3.37. The monoisotopic (exact) mass is 319 g/mol. The van der Waals surface area contributed by atoms with E-state index in [0.717, 1.165) is 18.4 Å². The van der Waals surface area contributed by atoms with Crippen molar-refractivity contribution in [3.63, 3.8) is 0 Å². The van der Waals surface area contributed by atoms with E-state index < -0.39 is 9.84 Å². The maximum atomic E-state index is 12.3. The van der Waals surface area contributed by atoms with Crippen molar-refractivity contribution < 1.29 is 8.42 Å². The second kappa shape index (κ2) is 5.83. The molecule has 118 valence electrons. The van der Waals surface area contributed by atoms with Crippen LogP contribution in [-0.4, -0.2) is 30.7 Å². The van der Waals surface area contributed by atoms with E-state index in [2.05, 4.69) is 15.3 Å². The van der Waals surface area contributed by atoms with Crippen LogP contribution in [0, 0.1) is 6.92 Å². The summed E-state index contributed by atoms with van der Waals surface area (Å²) in [5.74, 6) is 0.479. The Morgan fingerprint density at radius 3 is 2.64 bits per heavy atom. The molecule has 0 unspecified atom stereocenters. The Bertz CT molecular complexity index is 796. The van der Waals surface area contributed by atoms with Crippen LogP contribution in [0.3, 0.4) is 0 Å². The third-order valence-electron chi connectivity index (χ3n) is 4.25. The summed E-state index contributed by atoms with van der Waals surface area (Å²) in [5.41, 5.74) is 2.05. The summed E-state index contributed by atoms with van der Waals surface area (Å²) in [5, 5.41) is 3.37. The van der Waals surface area contributed by atoms with Gasteiger partial charge in [0.25, 0.3) is 0 Å². The molecule has 2 aromatic rings.